The number of fused-ring (bicyclic) bond motifs is 1. The van der Waals surface area contributed by atoms with E-state index in [1.54, 1.807) is 64.4 Å². The Kier molecular flexibility index (Phi) is 12.6. The summed E-state index contributed by atoms with van der Waals surface area (Å²) in [5.41, 5.74) is -2.16. The summed E-state index contributed by atoms with van der Waals surface area (Å²) in [5, 5.41) is 0.852. The predicted molar refractivity (Wildman–Crippen MR) is 205 cm³/mol. The summed E-state index contributed by atoms with van der Waals surface area (Å²) in [6.45, 7) is 12.8. The van der Waals surface area contributed by atoms with Gasteiger partial charge in [0, 0.05) is 36.8 Å². The third kappa shape index (κ3) is 10.4. The van der Waals surface area contributed by atoms with E-state index in [9.17, 15) is 32.4 Å². The number of carbonyl (C=O) groups excluding carboxylic acids is 5. The van der Waals surface area contributed by atoms with Gasteiger partial charge in [0.05, 0.1) is 36.8 Å². The lowest BCUT2D eigenvalue weighted by molar-refractivity contribution is -0.159. The lowest BCUT2D eigenvalue weighted by Gasteiger charge is -2.29. The highest BCUT2D eigenvalue weighted by Gasteiger charge is 2.61. The number of hydrogen-bond acceptors (Lipinski definition) is 11. The Balaban J connectivity index is 1.44. The Labute approximate surface area is 323 Å². The zero-order valence-corrected chi connectivity index (χ0v) is 33.4. The molecule has 1 N–H and O–H groups in total. The smallest absolute Gasteiger partial charge is 0.307 e. The maximum absolute atomic E-state index is 14.6. The van der Waals surface area contributed by atoms with Crippen molar-refractivity contribution in [2.24, 2.45) is 23.2 Å². The zero-order valence-electron chi connectivity index (χ0n) is 32.5. The van der Waals surface area contributed by atoms with E-state index in [-0.39, 0.29) is 62.7 Å². The van der Waals surface area contributed by atoms with Gasteiger partial charge in [-0.3, -0.25) is 28.7 Å². The molecule has 2 aromatic rings. The number of sulfonamides is 1. The van der Waals surface area contributed by atoms with Gasteiger partial charge in [0.15, 0.2) is 11.6 Å². The molecule has 13 nitrogen and oxygen atoms in total. The van der Waals surface area contributed by atoms with Crippen molar-refractivity contribution in [1.82, 2.24) is 14.6 Å². The minimum absolute atomic E-state index is 0.0159. The Bertz CT molecular complexity index is 1970. The van der Waals surface area contributed by atoms with Gasteiger partial charge in [-0.05, 0) is 94.0 Å². The molecule has 2 amide bonds. The molecule has 14 heteroatoms. The Morgan fingerprint density at radius 2 is 1.85 bits per heavy atom. The summed E-state index contributed by atoms with van der Waals surface area (Å²) in [5.74, 6) is -2.95. The van der Waals surface area contributed by atoms with Gasteiger partial charge in [0.2, 0.25) is 27.7 Å². The monoisotopic (exact) mass is 779 g/mol. The number of benzene rings is 1. The molecule has 1 aliphatic heterocycles. The normalized spacial score (nSPS) is 23.0. The molecule has 1 saturated heterocycles. The molecular formula is C41H53N3O10S. The lowest BCUT2D eigenvalue weighted by atomic mass is 9.90. The Morgan fingerprint density at radius 1 is 1.13 bits per heavy atom. The number of methoxy groups -OCH3 is 1. The summed E-state index contributed by atoms with van der Waals surface area (Å²) in [4.78, 5) is 74.4. The number of aromatic nitrogens is 1. The molecule has 1 aromatic heterocycles. The quantitative estimate of drug-likeness (QED) is 0.119. The van der Waals surface area contributed by atoms with Crippen molar-refractivity contribution < 1.29 is 46.6 Å². The van der Waals surface area contributed by atoms with Crippen LogP contribution in [0, 0.1) is 23.2 Å². The van der Waals surface area contributed by atoms with E-state index >= 15 is 0 Å². The number of carbonyl (C=O) groups is 5. The number of ketones is 2. The topological polar surface area (TPSA) is 175 Å². The fourth-order valence-electron chi connectivity index (χ4n) is 7.08. The average Bonchev–Trinajstić information content (AvgIpc) is 4.04. The molecule has 2 aliphatic carbocycles. The molecule has 2 saturated carbocycles. The van der Waals surface area contributed by atoms with E-state index in [1.807, 2.05) is 19.9 Å². The number of pyridine rings is 1. The average molecular weight is 780 g/mol. The number of ether oxygens (including phenoxy) is 3. The van der Waals surface area contributed by atoms with Crippen LogP contribution in [0.3, 0.4) is 0 Å². The lowest BCUT2D eigenvalue weighted by Crippen LogP contribution is -2.46. The van der Waals surface area contributed by atoms with Crippen LogP contribution in [0.15, 0.2) is 55.3 Å². The molecule has 0 bridgehead atoms. The highest BCUT2D eigenvalue weighted by Crippen LogP contribution is 2.57. The second-order valence-electron chi connectivity index (χ2n) is 16.3. The second-order valence-corrected chi connectivity index (χ2v) is 18.3. The molecule has 0 spiro atoms. The van der Waals surface area contributed by atoms with Crippen LogP contribution in [-0.2, 0) is 38.7 Å². The van der Waals surface area contributed by atoms with Crippen molar-refractivity contribution in [2.75, 3.05) is 13.7 Å². The Hall–Kier alpha value is -4.59. The number of esters is 1. The molecule has 298 valence electrons. The number of likely N-dealkylation sites (tertiary alicyclic amines) is 1. The van der Waals surface area contributed by atoms with Gasteiger partial charge in [-0.25, -0.2) is 13.4 Å². The van der Waals surface area contributed by atoms with Gasteiger partial charge in [-0.15, -0.1) is 6.58 Å². The summed E-state index contributed by atoms with van der Waals surface area (Å²) in [7, 11) is -2.32. The number of amides is 2. The van der Waals surface area contributed by atoms with Crippen LogP contribution in [0.4, 0.5) is 0 Å². The molecule has 2 heterocycles. The van der Waals surface area contributed by atoms with E-state index in [1.165, 1.54) is 11.0 Å². The van der Waals surface area contributed by atoms with E-state index in [4.69, 9.17) is 14.2 Å². The third-order valence-electron chi connectivity index (χ3n) is 10.3. The van der Waals surface area contributed by atoms with Crippen LogP contribution >= 0.6 is 0 Å². The fraction of sp³-hybridized carbons (Fsp3) is 0.561. The van der Waals surface area contributed by atoms with E-state index in [2.05, 4.69) is 16.3 Å². The first-order chi connectivity index (χ1) is 25.9. The SMILES string of the molecule is C=C[C@@H]1C[C@]1(CC(=O)[C@@H]1C[C@@H](Oc2nccc3cc(OC)ccc23)CN1C(=O)[C@H](CCC(=O)/C=C/C(C)C)CC(=O)OC(C)(C)C)C(=O)NS(=O)(=O)C1CC1. The molecule has 3 aliphatic rings. The van der Waals surface area contributed by atoms with Crippen molar-refractivity contribution in [3.8, 4) is 11.6 Å². The number of Topliss-reactive ketones (excluding diaryl/α,β-unsaturated/α-hetero) is 1. The van der Waals surface area contributed by atoms with Crippen LogP contribution < -0.4 is 14.2 Å². The highest BCUT2D eigenvalue weighted by molar-refractivity contribution is 7.90. The minimum atomic E-state index is -3.89. The van der Waals surface area contributed by atoms with Gasteiger partial charge >= 0.3 is 5.97 Å². The molecule has 0 unspecified atom stereocenters. The number of rotatable bonds is 18. The highest BCUT2D eigenvalue weighted by atomic mass is 32.2. The third-order valence-corrected chi connectivity index (χ3v) is 12.1. The van der Waals surface area contributed by atoms with Gasteiger partial charge in [-0.2, -0.15) is 0 Å². The van der Waals surface area contributed by atoms with E-state index in [0.29, 0.717) is 24.0 Å². The molecular weight excluding hydrogens is 727 g/mol. The van der Waals surface area contributed by atoms with Crippen LogP contribution in [0.25, 0.3) is 10.8 Å². The van der Waals surface area contributed by atoms with Crippen LogP contribution in [-0.4, -0.2) is 84.3 Å². The summed E-state index contributed by atoms with van der Waals surface area (Å²) >= 11 is 0. The van der Waals surface area contributed by atoms with E-state index < -0.39 is 73.8 Å². The van der Waals surface area contributed by atoms with Crippen molar-refractivity contribution >= 4 is 50.1 Å². The molecule has 55 heavy (non-hydrogen) atoms. The number of nitrogens with one attached hydrogen (secondary N) is 1. The summed E-state index contributed by atoms with van der Waals surface area (Å²) < 4.78 is 45.0. The maximum Gasteiger partial charge on any atom is 0.307 e. The largest absolute Gasteiger partial charge is 0.497 e. The first-order valence-corrected chi connectivity index (χ1v) is 20.4. The van der Waals surface area contributed by atoms with E-state index in [0.717, 1.165) is 5.39 Å². The maximum atomic E-state index is 14.6. The van der Waals surface area contributed by atoms with Gasteiger partial charge in [0.25, 0.3) is 0 Å². The van der Waals surface area contributed by atoms with Crippen molar-refractivity contribution in [1.29, 1.82) is 0 Å². The van der Waals surface area contributed by atoms with Crippen LogP contribution in [0.2, 0.25) is 0 Å². The summed E-state index contributed by atoms with van der Waals surface area (Å²) in [6.07, 6.45) is 6.19. The molecule has 5 atom stereocenters. The van der Waals surface area contributed by atoms with Crippen molar-refractivity contribution in [3.63, 3.8) is 0 Å². The van der Waals surface area contributed by atoms with Gasteiger partial charge in [-0.1, -0.05) is 26.0 Å². The molecule has 1 aromatic carbocycles. The summed E-state index contributed by atoms with van der Waals surface area (Å²) in [6, 6.07) is 6.13. The first-order valence-electron chi connectivity index (χ1n) is 18.9. The number of nitrogens with zero attached hydrogens (tertiary/aromatic N) is 2. The van der Waals surface area contributed by atoms with Crippen LogP contribution in [0.5, 0.6) is 11.6 Å². The predicted octanol–water partition coefficient (Wildman–Crippen LogP) is 5.26. The number of hydrogen-bond donors (Lipinski definition) is 1. The molecule has 0 radical (unpaired) electrons. The minimum Gasteiger partial charge on any atom is -0.497 e. The van der Waals surface area contributed by atoms with Crippen molar-refractivity contribution in [2.45, 2.75) is 109 Å². The standard InChI is InChI=1S/C41H53N3O10S/c1-8-28-22-41(28,39(49)43-55(50,51)32-14-15-32)23-35(46)34-21-31(53-37-33-16-13-30(52-7)19-26(33)17-18-42-37)24-44(34)38(48)27(20-36(47)54-40(4,5)6)10-12-29(45)11-9-25(2)3/h8-9,11,13,16-19,25,27-28,31-32,34H,1,10,12,14-15,20-24H2,2-7H3,(H,43,49)/b11-9+/t27-,28-,31-,34+,41-/m1/s1. The van der Waals surface area contributed by atoms with Gasteiger partial charge < -0.3 is 19.1 Å². The number of allylic oxidation sites excluding steroid dienone is 3. The molecule has 5 rings (SSSR count). The second kappa shape index (κ2) is 16.6. The molecule has 3 fully saturated rings. The first kappa shape index (κ1) is 41.6. The van der Waals surface area contributed by atoms with Gasteiger partial charge in [0.1, 0.15) is 17.5 Å². The fourth-order valence-corrected chi connectivity index (χ4v) is 8.46. The Morgan fingerprint density at radius 3 is 2.47 bits per heavy atom. The van der Waals surface area contributed by atoms with Crippen molar-refractivity contribution in [3.05, 3.63) is 55.3 Å². The van der Waals surface area contributed by atoms with Crippen LogP contribution in [0.1, 0.15) is 86.0 Å². The zero-order chi connectivity index (χ0) is 40.3.